The van der Waals surface area contributed by atoms with Gasteiger partial charge in [-0.3, -0.25) is 4.79 Å². The van der Waals surface area contributed by atoms with Crippen LogP contribution in [0.4, 0.5) is 0 Å². The number of thiazole rings is 1. The van der Waals surface area contributed by atoms with Gasteiger partial charge >= 0.3 is 5.97 Å². The highest BCUT2D eigenvalue weighted by Gasteiger charge is 2.18. The molecule has 22 heavy (non-hydrogen) atoms. The minimum Gasteiger partial charge on any atom is -0.493 e. The summed E-state index contributed by atoms with van der Waals surface area (Å²) in [6.07, 6.45) is 0.660. The minimum absolute atomic E-state index is 0.0236. The lowest BCUT2D eigenvalue weighted by molar-refractivity contribution is -0.136. The summed E-state index contributed by atoms with van der Waals surface area (Å²) in [5.74, 6) is 0.0459. The quantitative estimate of drug-likeness (QED) is 0.882. The Morgan fingerprint density at radius 1 is 1.32 bits per heavy atom. The van der Waals surface area contributed by atoms with E-state index in [4.69, 9.17) is 9.84 Å². The molecular weight excluding hydrogens is 298 g/mol. The van der Waals surface area contributed by atoms with Crippen molar-refractivity contribution in [3.63, 3.8) is 0 Å². The van der Waals surface area contributed by atoms with Crippen molar-refractivity contribution in [2.24, 2.45) is 0 Å². The molecule has 0 aliphatic carbocycles. The maximum Gasteiger partial charge on any atom is 0.309 e. The zero-order valence-corrected chi connectivity index (χ0v) is 13.9. The highest BCUT2D eigenvalue weighted by molar-refractivity contribution is 7.09. The Bertz CT molecular complexity index is 643. The fourth-order valence-electron chi connectivity index (χ4n) is 2.16. The second-order valence-corrected chi connectivity index (χ2v) is 7.09. The second kappa shape index (κ2) is 6.92. The molecule has 1 heterocycles. The van der Waals surface area contributed by atoms with E-state index in [2.05, 4.69) is 31.8 Å². The molecule has 1 aromatic carbocycles. The third-order valence-corrected chi connectivity index (χ3v) is 4.16. The monoisotopic (exact) mass is 319 g/mol. The molecule has 2 rings (SSSR count). The largest absolute Gasteiger partial charge is 0.493 e. The van der Waals surface area contributed by atoms with Crippen LogP contribution in [-0.4, -0.2) is 22.7 Å². The van der Waals surface area contributed by atoms with Gasteiger partial charge in [-0.1, -0.05) is 39.0 Å². The van der Waals surface area contributed by atoms with Gasteiger partial charge in [-0.25, -0.2) is 4.98 Å². The Labute approximate surface area is 134 Å². The molecule has 0 saturated heterocycles. The van der Waals surface area contributed by atoms with Gasteiger partial charge in [0, 0.05) is 11.8 Å². The molecular formula is C17H21NO3S. The van der Waals surface area contributed by atoms with Crippen LogP contribution in [0.2, 0.25) is 0 Å². The highest BCUT2D eigenvalue weighted by atomic mass is 32.1. The molecule has 0 unspecified atom stereocenters. The van der Waals surface area contributed by atoms with E-state index in [1.54, 1.807) is 5.38 Å². The number of rotatable bonds is 6. The van der Waals surface area contributed by atoms with Gasteiger partial charge in [0.2, 0.25) is 0 Å². The molecule has 1 N–H and O–H groups in total. The molecule has 0 fully saturated rings. The Morgan fingerprint density at radius 3 is 2.73 bits per heavy atom. The Kier molecular flexibility index (Phi) is 5.19. The van der Waals surface area contributed by atoms with Crippen molar-refractivity contribution >= 4 is 17.3 Å². The zero-order valence-electron chi connectivity index (χ0n) is 13.1. The van der Waals surface area contributed by atoms with Crippen LogP contribution in [0, 0.1) is 0 Å². The molecule has 0 amide bonds. The predicted molar refractivity (Wildman–Crippen MR) is 87.8 cm³/mol. The smallest absolute Gasteiger partial charge is 0.309 e. The number of hydrogen-bond acceptors (Lipinski definition) is 4. The Morgan fingerprint density at radius 2 is 2.05 bits per heavy atom. The summed E-state index contributed by atoms with van der Waals surface area (Å²) in [5, 5.41) is 11.5. The summed E-state index contributed by atoms with van der Waals surface area (Å²) in [5.41, 5.74) is 1.83. The van der Waals surface area contributed by atoms with Gasteiger partial charge in [0.25, 0.3) is 0 Å². The van der Waals surface area contributed by atoms with Crippen molar-refractivity contribution in [1.82, 2.24) is 4.98 Å². The molecule has 4 nitrogen and oxygen atoms in total. The number of ether oxygens (including phenoxy) is 1. The van der Waals surface area contributed by atoms with Gasteiger partial charge in [0.15, 0.2) is 0 Å². The van der Waals surface area contributed by atoms with Gasteiger partial charge in [0.05, 0.1) is 23.7 Å². The first-order valence-corrected chi connectivity index (χ1v) is 8.11. The number of hydrogen-bond donors (Lipinski definition) is 1. The second-order valence-electron chi connectivity index (χ2n) is 6.15. The summed E-state index contributed by atoms with van der Waals surface area (Å²) in [6.45, 7) is 7.02. The van der Waals surface area contributed by atoms with Crippen molar-refractivity contribution in [2.45, 2.75) is 39.0 Å². The molecule has 0 bridgehead atoms. The van der Waals surface area contributed by atoms with Crippen molar-refractivity contribution in [3.8, 4) is 5.75 Å². The molecule has 118 valence electrons. The molecule has 5 heteroatoms. The molecule has 0 radical (unpaired) electrons. The van der Waals surface area contributed by atoms with Crippen molar-refractivity contribution in [3.05, 3.63) is 45.9 Å². The molecule has 0 aliphatic heterocycles. The third-order valence-electron chi connectivity index (χ3n) is 3.20. The van der Waals surface area contributed by atoms with Crippen LogP contribution >= 0.6 is 11.3 Å². The first kappa shape index (κ1) is 16.5. The first-order chi connectivity index (χ1) is 10.4. The number of carbonyl (C=O) groups is 1. The molecule has 0 atom stereocenters. The fourth-order valence-corrected chi connectivity index (χ4v) is 2.94. The van der Waals surface area contributed by atoms with Crippen LogP contribution in [0.1, 0.15) is 37.0 Å². The average molecular weight is 319 g/mol. The van der Waals surface area contributed by atoms with Gasteiger partial charge in [-0.15, -0.1) is 11.3 Å². The molecule has 0 aliphatic rings. The average Bonchev–Trinajstić information content (AvgIpc) is 2.85. The van der Waals surface area contributed by atoms with Gasteiger partial charge < -0.3 is 9.84 Å². The SMILES string of the molecule is CC(C)(C)c1ccccc1OCCc1nc(CC(=O)O)cs1. The molecule has 0 spiro atoms. The van der Waals surface area contributed by atoms with E-state index in [-0.39, 0.29) is 11.8 Å². The summed E-state index contributed by atoms with van der Waals surface area (Å²) in [7, 11) is 0. The van der Waals surface area contributed by atoms with Crippen LogP contribution in [0.25, 0.3) is 0 Å². The van der Waals surface area contributed by atoms with Crippen LogP contribution in [0.3, 0.4) is 0 Å². The summed E-state index contributed by atoms with van der Waals surface area (Å²) in [4.78, 5) is 15.0. The summed E-state index contributed by atoms with van der Waals surface area (Å²) < 4.78 is 5.91. The Balaban J connectivity index is 1.94. The zero-order chi connectivity index (χ0) is 16.2. The van der Waals surface area contributed by atoms with E-state index < -0.39 is 5.97 Å². The van der Waals surface area contributed by atoms with E-state index in [0.717, 1.165) is 10.8 Å². The number of para-hydroxylation sites is 1. The molecule has 1 aromatic heterocycles. The number of benzene rings is 1. The molecule has 0 saturated carbocycles. The number of aliphatic carboxylic acids is 1. The van der Waals surface area contributed by atoms with Crippen molar-refractivity contribution < 1.29 is 14.6 Å². The van der Waals surface area contributed by atoms with Gasteiger partial charge in [-0.05, 0) is 17.0 Å². The number of carboxylic acid groups (broad SMARTS) is 1. The lowest BCUT2D eigenvalue weighted by Gasteiger charge is -2.22. The lowest BCUT2D eigenvalue weighted by Crippen LogP contribution is -2.14. The van der Waals surface area contributed by atoms with Crippen LogP contribution < -0.4 is 4.74 Å². The van der Waals surface area contributed by atoms with Crippen molar-refractivity contribution in [1.29, 1.82) is 0 Å². The van der Waals surface area contributed by atoms with E-state index in [0.29, 0.717) is 18.7 Å². The maximum absolute atomic E-state index is 10.6. The molecule has 2 aromatic rings. The third kappa shape index (κ3) is 4.56. The summed E-state index contributed by atoms with van der Waals surface area (Å²) in [6, 6.07) is 8.06. The number of aromatic nitrogens is 1. The van der Waals surface area contributed by atoms with Crippen LogP contribution in [0.15, 0.2) is 29.6 Å². The topological polar surface area (TPSA) is 59.4 Å². The lowest BCUT2D eigenvalue weighted by atomic mass is 9.86. The standard InChI is InChI=1S/C17H21NO3S/c1-17(2,3)13-6-4-5-7-14(13)21-9-8-15-18-12(11-22-15)10-16(19)20/h4-7,11H,8-10H2,1-3H3,(H,19,20). The maximum atomic E-state index is 10.6. The van der Waals surface area contributed by atoms with Gasteiger partial charge in [0.1, 0.15) is 5.75 Å². The normalized spacial score (nSPS) is 11.4. The van der Waals surface area contributed by atoms with Crippen LogP contribution in [0.5, 0.6) is 5.75 Å². The minimum atomic E-state index is -0.854. The highest BCUT2D eigenvalue weighted by Crippen LogP contribution is 2.31. The fraction of sp³-hybridized carbons (Fsp3) is 0.412. The summed E-state index contributed by atoms with van der Waals surface area (Å²) >= 11 is 1.48. The van der Waals surface area contributed by atoms with Crippen molar-refractivity contribution in [2.75, 3.05) is 6.61 Å². The first-order valence-electron chi connectivity index (χ1n) is 7.23. The van der Waals surface area contributed by atoms with E-state index in [1.807, 2.05) is 18.2 Å². The van der Waals surface area contributed by atoms with Gasteiger partial charge in [-0.2, -0.15) is 0 Å². The predicted octanol–water partition coefficient (Wildman–Crippen LogP) is 3.69. The Hall–Kier alpha value is -1.88. The number of carboxylic acids is 1. The number of nitrogens with zero attached hydrogens (tertiary/aromatic N) is 1. The van der Waals surface area contributed by atoms with E-state index >= 15 is 0 Å². The van der Waals surface area contributed by atoms with Crippen LogP contribution in [-0.2, 0) is 23.1 Å². The van der Waals surface area contributed by atoms with E-state index in [9.17, 15) is 4.79 Å². The van der Waals surface area contributed by atoms with E-state index in [1.165, 1.54) is 16.9 Å².